The number of carbonyl (C=O) groups excluding carboxylic acids is 5. The number of anilines is 1. The van der Waals surface area contributed by atoms with Gasteiger partial charge in [0.05, 0.1) is 35.8 Å². The van der Waals surface area contributed by atoms with E-state index in [0.29, 0.717) is 5.56 Å². The van der Waals surface area contributed by atoms with E-state index in [1.807, 2.05) is 0 Å². The van der Waals surface area contributed by atoms with Gasteiger partial charge in [-0.25, -0.2) is 9.69 Å². The zero-order chi connectivity index (χ0) is 26.8. The van der Waals surface area contributed by atoms with Gasteiger partial charge >= 0.3 is 5.97 Å². The van der Waals surface area contributed by atoms with Crippen LogP contribution in [0.25, 0.3) is 0 Å². The number of Topliss-reactive ketones (excluding diaryl/α,β-unsaturated/α-hetero) is 2. The number of rotatable bonds is 4. The fourth-order valence-corrected chi connectivity index (χ4v) is 5.95. The quantitative estimate of drug-likeness (QED) is 0.260. The average molecular weight is 574 g/mol. The minimum absolute atomic E-state index is 0.171. The molecule has 190 valence electrons. The number of hydrogen-bond donors (Lipinski definition) is 0. The Bertz CT molecular complexity index is 1490. The highest BCUT2D eigenvalue weighted by molar-refractivity contribution is 9.10. The fourth-order valence-electron chi connectivity index (χ4n) is 5.69. The molecule has 1 spiro atoms. The summed E-state index contributed by atoms with van der Waals surface area (Å²) in [7, 11) is 0. The molecule has 3 aromatic carbocycles. The molecule has 38 heavy (non-hydrogen) atoms. The second kappa shape index (κ2) is 8.82. The van der Waals surface area contributed by atoms with Crippen molar-refractivity contribution in [2.75, 3.05) is 11.5 Å². The summed E-state index contributed by atoms with van der Waals surface area (Å²) in [5.41, 5.74) is -0.743. The Hall–Kier alpha value is -3.95. The van der Waals surface area contributed by atoms with E-state index in [1.54, 1.807) is 43.3 Å². The number of fused-ring (bicyclic) bond motifs is 3. The molecule has 2 saturated heterocycles. The highest BCUT2D eigenvalue weighted by atomic mass is 79.9. The first-order chi connectivity index (χ1) is 18.3. The third-order valence-electron chi connectivity index (χ3n) is 7.35. The number of carbonyl (C=O) groups is 5. The van der Waals surface area contributed by atoms with Crippen molar-refractivity contribution in [1.29, 1.82) is 0 Å². The van der Waals surface area contributed by atoms with Crippen molar-refractivity contribution in [3.05, 3.63) is 99.5 Å². The lowest BCUT2D eigenvalue weighted by Gasteiger charge is -2.27. The van der Waals surface area contributed by atoms with Crippen LogP contribution in [-0.2, 0) is 19.1 Å². The Morgan fingerprint density at radius 1 is 0.895 bits per heavy atom. The van der Waals surface area contributed by atoms with Crippen LogP contribution in [-0.4, -0.2) is 41.6 Å². The lowest BCUT2D eigenvalue weighted by Crippen LogP contribution is -2.51. The normalized spacial score (nSPS) is 23.2. The highest BCUT2D eigenvalue weighted by Crippen LogP contribution is 2.57. The number of amides is 2. The van der Waals surface area contributed by atoms with E-state index >= 15 is 0 Å². The minimum atomic E-state index is -2.14. The first-order valence-electron chi connectivity index (χ1n) is 12.1. The van der Waals surface area contributed by atoms with Gasteiger partial charge in [-0.2, -0.15) is 0 Å². The molecule has 0 saturated carbocycles. The Morgan fingerprint density at radius 2 is 1.50 bits per heavy atom. The Labute approximate surface area is 225 Å². The smallest absolute Gasteiger partial charge is 0.338 e. The van der Waals surface area contributed by atoms with Crippen LogP contribution in [0.1, 0.15) is 49.7 Å². The summed E-state index contributed by atoms with van der Waals surface area (Å²) in [6.07, 6.45) is -1.00. The molecule has 1 aliphatic carbocycles. The van der Waals surface area contributed by atoms with Crippen molar-refractivity contribution in [3.63, 3.8) is 0 Å². The van der Waals surface area contributed by atoms with Gasteiger partial charge in [-0.1, -0.05) is 52.3 Å². The van der Waals surface area contributed by atoms with Crippen LogP contribution in [0.5, 0.6) is 0 Å². The number of nitrogens with zero attached hydrogens (tertiary/aromatic N) is 1. The standard InChI is InChI=1S/C29H20BrNO7/c1-2-37-28(36)16-9-13-18(14-10-16)31-26(34)21-22(27(31)35)29(38-23(21)15-7-11-17(30)12-8-15)24(32)19-5-3-4-6-20(19)25(29)33/h3-14,21-23H,2H2,1H3/t21-,22+,23+/m0/s1. The van der Waals surface area contributed by atoms with E-state index in [1.165, 1.54) is 36.4 Å². The summed E-state index contributed by atoms with van der Waals surface area (Å²) < 4.78 is 12.1. The molecule has 2 heterocycles. The van der Waals surface area contributed by atoms with Gasteiger partial charge in [0.2, 0.25) is 29.0 Å². The van der Waals surface area contributed by atoms with E-state index < -0.39 is 52.9 Å². The predicted octanol–water partition coefficient (Wildman–Crippen LogP) is 4.32. The van der Waals surface area contributed by atoms with Crippen LogP contribution in [0.4, 0.5) is 5.69 Å². The summed E-state index contributed by atoms with van der Waals surface area (Å²) in [6.45, 7) is 1.90. The molecule has 0 radical (unpaired) electrons. The molecule has 3 aliphatic rings. The number of ketones is 2. The Morgan fingerprint density at radius 3 is 2.08 bits per heavy atom. The second-order valence-corrected chi connectivity index (χ2v) is 10.2. The SMILES string of the molecule is CCOC(=O)c1ccc(N2C(=O)[C@@H]3[C@@H](c4ccc(Br)cc4)OC4(C(=O)c5ccccc5C4=O)[C@H]3C2=O)cc1. The Kier molecular flexibility index (Phi) is 5.66. The summed E-state index contributed by atoms with van der Waals surface area (Å²) >= 11 is 3.38. The van der Waals surface area contributed by atoms with Gasteiger partial charge in [0, 0.05) is 15.6 Å². The van der Waals surface area contributed by atoms with Crippen LogP contribution in [0, 0.1) is 11.8 Å². The van der Waals surface area contributed by atoms with Crippen molar-refractivity contribution in [1.82, 2.24) is 0 Å². The molecular formula is C29H20BrNO7. The third-order valence-corrected chi connectivity index (χ3v) is 7.88. The molecule has 2 amide bonds. The molecule has 2 fully saturated rings. The fraction of sp³-hybridized carbons (Fsp3) is 0.207. The van der Waals surface area contributed by atoms with E-state index in [0.717, 1.165) is 9.37 Å². The van der Waals surface area contributed by atoms with E-state index in [9.17, 15) is 24.0 Å². The first kappa shape index (κ1) is 24.4. The van der Waals surface area contributed by atoms with Crippen molar-refractivity contribution in [2.45, 2.75) is 18.6 Å². The van der Waals surface area contributed by atoms with Gasteiger partial charge in [0.25, 0.3) is 0 Å². The molecular weight excluding hydrogens is 554 g/mol. The molecule has 0 bridgehead atoms. The van der Waals surface area contributed by atoms with Crippen molar-refractivity contribution >= 4 is 51.0 Å². The molecule has 0 aromatic heterocycles. The molecule has 9 heteroatoms. The number of imide groups is 1. The molecule has 3 aromatic rings. The van der Waals surface area contributed by atoms with Crippen molar-refractivity contribution in [2.24, 2.45) is 11.8 Å². The number of benzene rings is 3. The maximum atomic E-state index is 14.0. The summed E-state index contributed by atoms with van der Waals surface area (Å²) in [5, 5.41) is 0. The summed E-state index contributed by atoms with van der Waals surface area (Å²) in [6, 6.07) is 19.2. The lowest BCUT2D eigenvalue weighted by molar-refractivity contribution is -0.127. The van der Waals surface area contributed by atoms with Crippen LogP contribution in [0.2, 0.25) is 0 Å². The van der Waals surface area contributed by atoms with Crippen LogP contribution >= 0.6 is 15.9 Å². The highest BCUT2D eigenvalue weighted by Gasteiger charge is 2.74. The molecule has 6 rings (SSSR count). The van der Waals surface area contributed by atoms with Crippen molar-refractivity contribution < 1.29 is 33.4 Å². The Balaban J connectivity index is 1.46. The molecule has 8 nitrogen and oxygen atoms in total. The molecule has 2 aliphatic heterocycles. The maximum absolute atomic E-state index is 14.0. The number of halogens is 1. The van der Waals surface area contributed by atoms with Gasteiger partial charge < -0.3 is 9.47 Å². The first-order valence-corrected chi connectivity index (χ1v) is 12.9. The molecule has 0 N–H and O–H groups in total. The lowest BCUT2D eigenvalue weighted by atomic mass is 9.77. The van der Waals surface area contributed by atoms with Gasteiger partial charge in [-0.3, -0.25) is 19.2 Å². The molecule has 0 unspecified atom stereocenters. The number of hydrogen-bond acceptors (Lipinski definition) is 7. The third kappa shape index (κ3) is 3.28. The van der Waals surface area contributed by atoms with Gasteiger partial charge in [0.1, 0.15) is 0 Å². The molecule has 3 atom stereocenters. The second-order valence-electron chi connectivity index (χ2n) is 9.31. The van der Waals surface area contributed by atoms with Crippen LogP contribution < -0.4 is 4.90 Å². The van der Waals surface area contributed by atoms with Gasteiger partial charge in [0.15, 0.2) is 0 Å². The monoisotopic (exact) mass is 573 g/mol. The zero-order valence-corrected chi connectivity index (χ0v) is 21.6. The van der Waals surface area contributed by atoms with Gasteiger partial charge in [-0.05, 0) is 48.9 Å². The van der Waals surface area contributed by atoms with Crippen molar-refractivity contribution in [3.8, 4) is 0 Å². The minimum Gasteiger partial charge on any atom is -0.462 e. The predicted molar refractivity (Wildman–Crippen MR) is 138 cm³/mol. The topological polar surface area (TPSA) is 107 Å². The summed E-state index contributed by atoms with van der Waals surface area (Å²) in [4.78, 5) is 68.5. The van der Waals surface area contributed by atoms with E-state index in [2.05, 4.69) is 15.9 Å². The van der Waals surface area contributed by atoms with E-state index in [-0.39, 0.29) is 29.0 Å². The number of esters is 1. The van der Waals surface area contributed by atoms with Gasteiger partial charge in [-0.15, -0.1) is 0 Å². The van der Waals surface area contributed by atoms with E-state index in [4.69, 9.17) is 9.47 Å². The van der Waals surface area contributed by atoms with Crippen LogP contribution in [0.3, 0.4) is 0 Å². The summed E-state index contributed by atoms with van der Waals surface area (Å²) in [5.74, 6) is -5.49. The maximum Gasteiger partial charge on any atom is 0.338 e. The average Bonchev–Trinajstić information content (AvgIpc) is 3.49. The zero-order valence-electron chi connectivity index (χ0n) is 20.1. The largest absolute Gasteiger partial charge is 0.462 e. The number of ether oxygens (including phenoxy) is 2. The van der Waals surface area contributed by atoms with Crippen LogP contribution in [0.15, 0.2) is 77.3 Å².